The Hall–Kier alpha value is -3.11. The van der Waals surface area contributed by atoms with E-state index in [0.29, 0.717) is 34.0 Å². The van der Waals surface area contributed by atoms with Crippen LogP contribution in [-0.4, -0.2) is 38.5 Å². The average molecular weight is 569 g/mol. The molecule has 4 rings (SSSR count). The molecular formula is C29H36N4O4S2. The number of benzene rings is 1. The highest BCUT2D eigenvalue weighted by Crippen LogP contribution is 2.39. The molecule has 2 heterocycles. The fraction of sp³-hybridized carbons (Fsp3) is 0.448. The molecule has 0 saturated carbocycles. The van der Waals surface area contributed by atoms with Crippen molar-refractivity contribution in [1.82, 2.24) is 14.8 Å². The van der Waals surface area contributed by atoms with Gasteiger partial charge in [0.15, 0.2) is 11.0 Å². The first-order chi connectivity index (χ1) is 18.8. The van der Waals surface area contributed by atoms with Crippen molar-refractivity contribution in [2.24, 2.45) is 0 Å². The Morgan fingerprint density at radius 1 is 1.15 bits per heavy atom. The normalized spacial score (nSPS) is 12.9. The van der Waals surface area contributed by atoms with Gasteiger partial charge in [-0.1, -0.05) is 43.8 Å². The van der Waals surface area contributed by atoms with Crippen LogP contribution in [0.4, 0.5) is 5.00 Å². The van der Waals surface area contributed by atoms with Gasteiger partial charge in [-0.3, -0.25) is 9.36 Å². The Morgan fingerprint density at radius 2 is 1.90 bits per heavy atom. The molecule has 3 aromatic rings. The van der Waals surface area contributed by atoms with E-state index in [2.05, 4.69) is 48.1 Å². The second-order valence-electron chi connectivity index (χ2n) is 10.0. The first-order valence-corrected chi connectivity index (χ1v) is 15.1. The minimum absolute atomic E-state index is 0.119. The summed E-state index contributed by atoms with van der Waals surface area (Å²) in [5.41, 5.74) is 2.78. The first-order valence-electron chi connectivity index (χ1n) is 13.3. The van der Waals surface area contributed by atoms with Gasteiger partial charge in [-0.2, -0.15) is 0 Å². The van der Waals surface area contributed by atoms with Crippen LogP contribution in [0.3, 0.4) is 0 Å². The number of allylic oxidation sites excluding steroid dienone is 1. The predicted molar refractivity (Wildman–Crippen MR) is 156 cm³/mol. The largest absolute Gasteiger partial charge is 0.486 e. The summed E-state index contributed by atoms with van der Waals surface area (Å²) < 4.78 is 13.3. The molecule has 0 aliphatic heterocycles. The highest BCUT2D eigenvalue weighted by molar-refractivity contribution is 7.99. The van der Waals surface area contributed by atoms with Crippen molar-refractivity contribution in [1.29, 1.82) is 0 Å². The number of thioether (sulfide) groups is 1. The number of carbonyl (C=O) groups is 2. The number of thiophene rings is 1. The summed E-state index contributed by atoms with van der Waals surface area (Å²) in [5, 5.41) is 12.7. The molecule has 2 aromatic heterocycles. The third kappa shape index (κ3) is 7.30. The lowest BCUT2D eigenvalue weighted by Crippen LogP contribution is -2.19. The van der Waals surface area contributed by atoms with E-state index in [1.807, 2.05) is 30.5 Å². The molecule has 1 aliphatic carbocycles. The standard InChI is InChI=1S/C29H36N4O4S2/c1-6-15-33-24(16-36-21-13-11-20(12-14-21)18(2)3)31-32-29(33)38-17-25(34)30-27-26(28(35)37-19(4)5)22-9-7-8-10-23(22)39-27/h6,11-14,18-19H,1,7-10,15-17H2,2-5H3,(H,30,34). The molecule has 0 unspecified atom stereocenters. The van der Waals surface area contributed by atoms with E-state index in [4.69, 9.17) is 9.47 Å². The molecule has 1 aliphatic rings. The van der Waals surface area contributed by atoms with Gasteiger partial charge in [0.25, 0.3) is 0 Å². The highest BCUT2D eigenvalue weighted by Gasteiger charge is 2.28. The summed E-state index contributed by atoms with van der Waals surface area (Å²) in [6, 6.07) is 8.03. The van der Waals surface area contributed by atoms with Gasteiger partial charge >= 0.3 is 5.97 Å². The number of nitrogens with one attached hydrogen (secondary N) is 1. The van der Waals surface area contributed by atoms with Crippen molar-refractivity contribution in [3.8, 4) is 5.75 Å². The third-order valence-electron chi connectivity index (χ3n) is 6.32. The molecule has 0 saturated heterocycles. The third-order valence-corrected chi connectivity index (χ3v) is 8.50. The van der Waals surface area contributed by atoms with Gasteiger partial charge in [-0.05, 0) is 68.7 Å². The fourth-order valence-electron chi connectivity index (χ4n) is 4.38. The number of ether oxygens (including phenoxy) is 2. The van der Waals surface area contributed by atoms with Crippen LogP contribution >= 0.6 is 23.1 Å². The van der Waals surface area contributed by atoms with Crippen LogP contribution in [0.15, 0.2) is 42.1 Å². The predicted octanol–water partition coefficient (Wildman–Crippen LogP) is 6.40. The second-order valence-corrected chi connectivity index (χ2v) is 12.1. The highest BCUT2D eigenvalue weighted by atomic mass is 32.2. The lowest BCUT2D eigenvalue weighted by Gasteiger charge is -2.14. The number of carbonyl (C=O) groups excluding carboxylic acids is 2. The lowest BCUT2D eigenvalue weighted by molar-refractivity contribution is -0.113. The van der Waals surface area contributed by atoms with Gasteiger partial charge in [0, 0.05) is 11.4 Å². The van der Waals surface area contributed by atoms with Crippen molar-refractivity contribution >= 4 is 40.0 Å². The molecule has 208 valence electrons. The zero-order chi connectivity index (χ0) is 27.9. The van der Waals surface area contributed by atoms with E-state index in [1.54, 1.807) is 6.08 Å². The maximum atomic E-state index is 13.0. The number of anilines is 1. The van der Waals surface area contributed by atoms with E-state index in [0.717, 1.165) is 41.9 Å². The minimum atomic E-state index is -0.374. The summed E-state index contributed by atoms with van der Waals surface area (Å²) in [6.07, 6.45) is 5.40. The Bertz CT molecular complexity index is 1310. The zero-order valence-corrected chi connectivity index (χ0v) is 24.6. The number of rotatable bonds is 12. The van der Waals surface area contributed by atoms with Crippen LogP contribution in [0.25, 0.3) is 0 Å². The van der Waals surface area contributed by atoms with E-state index >= 15 is 0 Å². The van der Waals surface area contributed by atoms with Gasteiger partial charge in [0.05, 0.1) is 17.4 Å². The Balaban J connectivity index is 1.41. The number of hydrogen-bond donors (Lipinski definition) is 1. The fourth-order valence-corrected chi connectivity index (χ4v) is 6.44. The minimum Gasteiger partial charge on any atom is -0.486 e. The van der Waals surface area contributed by atoms with Gasteiger partial charge in [0.2, 0.25) is 5.91 Å². The second kappa shape index (κ2) is 13.3. The maximum absolute atomic E-state index is 13.0. The van der Waals surface area contributed by atoms with Gasteiger partial charge in [-0.25, -0.2) is 4.79 Å². The number of aryl methyl sites for hydroxylation is 1. The van der Waals surface area contributed by atoms with Crippen LogP contribution in [0, 0.1) is 0 Å². The van der Waals surface area contributed by atoms with Gasteiger partial charge in [-0.15, -0.1) is 28.1 Å². The molecule has 0 radical (unpaired) electrons. The van der Waals surface area contributed by atoms with E-state index in [1.165, 1.54) is 28.7 Å². The summed E-state index contributed by atoms with van der Waals surface area (Å²) in [7, 11) is 0. The molecule has 1 N–H and O–H groups in total. The molecule has 0 bridgehead atoms. The topological polar surface area (TPSA) is 95.3 Å². The number of aromatic nitrogens is 3. The summed E-state index contributed by atoms with van der Waals surface area (Å²) in [6.45, 7) is 12.5. The lowest BCUT2D eigenvalue weighted by atomic mass is 9.95. The molecule has 39 heavy (non-hydrogen) atoms. The summed E-state index contributed by atoms with van der Waals surface area (Å²) in [4.78, 5) is 27.0. The van der Waals surface area contributed by atoms with Gasteiger partial charge < -0.3 is 14.8 Å². The van der Waals surface area contributed by atoms with Gasteiger partial charge in [0.1, 0.15) is 17.4 Å². The number of hydrogen-bond acceptors (Lipinski definition) is 8. The zero-order valence-electron chi connectivity index (χ0n) is 23.0. The van der Waals surface area contributed by atoms with Crippen molar-refractivity contribution in [3.05, 3.63) is 64.3 Å². The summed E-state index contributed by atoms with van der Waals surface area (Å²) >= 11 is 2.77. The monoisotopic (exact) mass is 568 g/mol. The SMILES string of the molecule is C=CCn1c(COc2ccc(C(C)C)cc2)nnc1SCC(=O)Nc1sc2c(c1C(=O)OC(C)C)CCCC2. The van der Waals surface area contributed by atoms with Crippen molar-refractivity contribution in [2.45, 2.75) is 83.7 Å². The number of fused-ring (bicyclic) bond motifs is 1. The van der Waals surface area contributed by atoms with E-state index in [-0.39, 0.29) is 30.3 Å². The molecule has 8 nitrogen and oxygen atoms in total. The van der Waals surface area contributed by atoms with Crippen LogP contribution in [-0.2, 0) is 35.5 Å². The van der Waals surface area contributed by atoms with Crippen LogP contribution in [0.5, 0.6) is 5.75 Å². The molecule has 0 fully saturated rings. The smallest absolute Gasteiger partial charge is 0.341 e. The van der Waals surface area contributed by atoms with Crippen molar-refractivity contribution in [2.75, 3.05) is 11.1 Å². The quantitative estimate of drug-likeness (QED) is 0.153. The average Bonchev–Trinajstić information content (AvgIpc) is 3.46. The molecule has 0 spiro atoms. The van der Waals surface area contributed by atoms with Crippen LogP contribution in [0.2, 0.25) is 0 Å². The Labute approximate surface area is 238 Å². The maximum Gasteiger partial charge on any atom is 0.341 e. The molecule has 0 atom stereocenters. The molecule has 1 amide bonds. The molecular weight excluding hydrogens is 532 g/mol. The molecule has 10 heteroatoms. The van der Waals surface area contributed by atoms with Crippen molar-refractivity contribution < 1.29 is 19.1 Å². The Kier molecular flexibility index (Phi) is 9.85. The number of nitrogens with zero attached hydrogens (tertiary/aromatic N) is 3. The number of amides is 1. The van der Waals surface area contributed by atoms with E-state index < -0.39 is 0 Å². The van der Waals surface area contributed by atoms with E-state index in [9.17, 15) is 9.59 Å². The Morgan fingerprint density at radius 3 is 2.59 bits per heavy atom. The molecule has 1 aromatic carbocycles. The van der Waals surface area contributed by atoms with Crippen molar-refractivity contribution in [3.63, 3.8) is 0 Å². The summed E-state index contributed by atoms with van der Waals surface area (Å²) in [5.74, 6) is 1.39. The number of esters is 1. The first kappa shape index (κ1) is 28.9. The van der Waals surface area contributed by atoms with Crippen LogP contribution < -0.4 is 10.1 Å². The van der Waals surface area contributed by atoms with Crippen LogP contribution in [0.1, 0.15) is 78.6 Å².